The molecule has 6 unspecified atom stereocenters. The third-order valence-corrected chi connectivity index (χ3v) is 5.64. The van der Waals surface area contributed by atoms with E-state index in [0.717, 1.165) is 6.42 Å². The minimum atomic E-state index is -0.678. The van der Waals surface area contributed by atoms with Crippen LogP contribution in [0.4, 0.5) is 0 Å². The highest BCUT2D eigenvalue weighted by Crippen LogP contribution is 2.65. The lowest BCUT2D eigenvalue weighted by Crippen LogP contribution is -2.56. The first-order chi connectivity index (χ1) is 9.30. The van der Waals surface area contributed by atoms with E-state index in [1.807, 2.05) is 13.8 Å². The van der Waals surface area contributed by atoms with Crippen molar-refractivity contribution in [2.75, 3.05) is 0 Å². The van der Waals surface area contributed by atoms with Crippen LogP contribution in [0.1, 0.15) is 34.1 Å². The Morgan fingerprint density at radius 1 is 1.50 bits per heavy atom. The maximum Gasteiger partial charge on any atom is 0.333 e. The molecule has 110 valence electrons. The van der Waals surface area contributed by atoms with E-state index >= 15 is 0 Å². The number of hydrogen-bond donors (Lipinski definition) is 0. The molecule has 0 aromatic heterocycles. The second-order valence-corrected chi connectivity index (χ2v) is 6.93. The SMILES string of the molecule is C=C(C)C(=O)OC1(C(C)C)C2CC3C(C(=O)OC31)C2C. The zero-order valence-electron chi connectivity index (χ0n) is 12.5. The highest BCUT2D eigenvalue weighted by molar-refractivity contribution is 5.87. The van der Waals surface area contributed by atoms with Gasteiger partial charge >= 0.3 is 11.9 Å². The van der Waals surface area contributed by atoms with Gasteiger partial charge in [-0.05, 0) is 25.2 Å². The van der Waals surface area contributed by atoms with Gasteiger partial charge in [0.15, 0.2) is 5.60 Å². The van der Waals surface area contributed by atoms with Crippen molar-refractivity contribution >= 4 is 11.9 Å². The molecule has 0 spiro atoms. The highest BCUT2D eigenvalue weighted by Gasteiger charge is 2.74. The van der Waals surface area contributed by atoms with Crippen LogP contribution >= 0.6 is 0 Å². The second-order valence-electron chi connectivity index (χ2n) is 6.93. The zero-order chi connectivity index (χ0) is 14.8. The normalized spacial score (nSPS) is 44.9. The van der Waals surface area contributed by atoms with Crippen LogP contribution in [0.5, 0.6) is 0 Å². The topological polar surface area (TPSA) is 52.6 Å². The first-order valence-corrected chi connectivity index (χ1v) is 7.40. The maximum atomic E-state index is 12.1. The lowest BCUT2D eigenvalue weighted by molar-refractivity contribution is -0.192. The molecule has 0 aromatic carbocycles. The van der Waals surface area contributed by atoms with E-state index in [1.165, 1.54) is 0 Å². The summed E-state index contributed by atoms with van der Waals surface area (Å²) in [5.74, 6) is 0.258. The molecule has 1 aliphatic heterocycles. The summed E-state index contributed by atoms with van der Waals surface area (Å²) in [7, 11) is 0. The monoisotopic (exact) mass is 278 g/mol. The Labute approximate surface area is 119 Å². The van der Waals surface area contributed by atoms with Gasteiger partial charge in [0, 0.05) is 17.4 Å². The Morgan fingerprint density at radius 3 is 2.70 bits per heavy atom. The number of carbonyl (C=O) groups excluding carboxylic acids is 2. The minimum Gasteiger partial charge on any atom is -0.458 e. The summed E-state index contributed by atoms with van der Waals surface area (Å²) in [6.45, 7) is 11.5. The lowest BCUT2D eigenvalue weighted by Gasteiger charge is -2.44. The number of rotatable bonds is 3. The first kappa shape index (κ1) is 13.7. The van der Waals surface area contributed by atoms with Gasteiger partial charge in [0.25, 0.3) is 0 Å². The molecule has 1 heterocycles. The molecule has 2 aliphatic carbocycles. The van der Waals surface area contributed by atoms with Crippen molar-refractivity contribution in [3.63, 3.8) is 0 Å². The van der Waals surface area contributed by atoms with Gasteiger partial charge in [-0.15, -0.1) is 0 Å². The average Bonchev–Trinajstić information content (AvgIpc) is 2.92. The molecule has 3 rings (SSSR count). The van der Waals surface area contributed by atoms with Gasteiger partial charge in [-0.3, -0.25) is 4.79 Å². The first-order valence-electron chi connectivity index (χ1n) is 7.40. The van der Waals surface area contributed by atoms with Gasteiger partial charge in [0.1, 0.15) is 6.10 Å². The van der Waals surface area contributed by atoms with Crippen molar-refractivity contribution in [2.24, 2.45) is 29.6 Å². The summed E-state index contributed by atoms with van der Waals surface area (Å²) >= 11 is 0. The molecule has 20 heavy (non-hydrogen) atoms. The predicted octanol–water partition coefficient (Wildman–Crippen LogP) is 2.33. The van der Waals surface area contributed by atoms with E-state index in [2.05, 4.69) is 13.5 Å². The van der Waals surface area contributed by atoms with Crippen LogP contribution in [-0.4, -0.2) is 23.6 Å². The summed E-state index contributed by atoms with van der Waals surface area (Å²) in [6, 6.07) is 0. The number of esters is 2. The largest absolute Gasteiger partial charge is 0.458 e. The minimum absolute atomic E-state index is 0.000375. The van der Waals surface area contributed by atoms with E-state index in [4.69, 9.17) is 9.47 Å². The van der Waals surface area contributed by atoms with Gasteiger partial charge in [-0.25, -0.2) is 4.79 Å². The van der Waals surface area contributed by atoms with E-state index in [9.17, 15) is 9.59 Å². The molecule has 6 atom stereocenters. The third-order valence-electron chi connectivity index (χ3n) is 5.64. The Kier molecular flexibility index (Phi) is 2.79. The van der Waals surface area contributed by atoms with Crippen LogP contribution in [0.2, 0.25) is 0 Å². The Balaban J connectivity index is 2.02. The van der Waals surface area contributed by atoms with E-state index in [-0.39, 0.29) is 47.6 Å². The molecule has 4 heteroatoms. The number of carbonyl (C=O) groups is 2. The summed E-state index contributed by atoms with van der Waals surface area (Å²) < 4.78 is 11.5. The number of ether oxygens (including phenoxy) is 2. The quantitative estimate of drug-likeness (QED) is 0.587. The Hall–Kier alpha value is -1.32. The van der Waals surface area contributed by atoms with E-state index in [1.54, 1.807) is 6.92 Å². The Morgan fingerprint density at radius 2 is 2.15 bits per heavy atom. The van der Waals surface area contributed by atoms with Crippen LogP contribution in [0.25, 0.3) is 0 Å². The molecular weight excluding hydrogens is 256 g/mol. The van der Waals surface area contributed by atoms with Crippen molar-refractivity contribution < 1.29 is 19.1 Å². The predicted molar refractivity (Wildman–Crippen MR) is 72.6 cm³/mol. The molecule has 3 fully saturated rings. The molecule has 2 bridgehead atoms. The number of hydrogen-bond acceptors (Lipinski definition) is 4. The van der Waals surface area contributed by atoms with Gasteiger partial charge < -0.3 is 9.47 Å². The molecule has 0 aromatic rings. The van der Waals surface area contributed by atoms with E-state index in [0.29, 0.717) is 5.57 Å². The average molecular weight is 278 g/mol. The molecule has 0 radical (unpaired) electrons. The summed E-state index contributed by atoms with van der Waals surface area (Å²) in [6.07, 6.45) is 0.647. The standard InChI is InChI=1S/C16H22O4/c1-7(2)14(17)20-16(8(3)4)11-6-10-12(9(11)5)15(18)19-13(10)16/h8-13H,1,6H2,2-5H3. The van der Waals surface area contributed by atoms with Gasteiger partial charge in [0.2, 0.25) is 0 Å². The summed E-state index contributed by atoms with van der Waals surface area (Å²) in [4.78, 5) is 24.1. The van der Waals surface area contributed by atoms with Gasteiger partial charge in [-0.2, -0.15) is 0 Å². The second kappa shape index (κ2) is 4.09. The van der Waals surface area contributed by atoms with Crippen LogP contribution in [0, 0.1) is 29.6 Å². The zero-order valence-corrected chi connectivity index (χ0v) is 12.5. The van der Waals surface area contributed by atoms with Crippen LogP contribution < -0.4 is 0 Å². The van der Waals surface area contributed by atoms with Gasteiger partial charge in [-0.1, -0.05) is 27.4 Å². The van der Waals surface area contributed by atoms with Crippen molar-refractivity contribution in [3.8, 4) is 0 Å². The van der Waals surface area contributed by atoms with Crippen molar-refractivity contribution in [1.82, 2.24) is 0 Å². The van der Waals surface area contributed by atoms with Gasteiger partial charge in [0.05, 0.1) is 5.92 Å². The van der Waals surface area contributed by atoms with Crippen LogP contribution in [-0.2, 0) is 19.1 Å². The van der Waals surface area contributed by atoms with Crippen molar-refractivity contribution in [1.29, 1.82) is 0 Å². The smallest absolute Gasteiger partial charge is 0.333 e. The van der Waals surface area contributed by atoms with E-state index < -0.39 is 5.60 Å². The summed E-state index contributed by atoms with van der Waals surface area (Å²) in [5.41, 5.74) is -0.288. The Bertz CT molecular complexity index is 495. The molecule has 3 aliphatic rings. The molecule has 0 N–H and O–H groups in total. The van der Waals surface area contributed by atoms with Crippen LogP contribution in [0.15, 0.2) is 12.2 Å². The fourth-order valence-corrected chi connectivity index (χ4v) is 4.78. The van der Waals surface area contributed by atoms with Crippen molar-refractivity contribution in [3.05, 3.63) is 12.2 Å². The summed E-state index contributed by atoms with van der Waals surface area (Å²) in [5, 5.41) is 0. The maximum absolute atomic E-state index is 12.1. The van der Waals surface area contributed by atoms with Crippen LogP contribution in [0.3, 0.4) is 0 Å². The fraction of sp³-hybridized carbons (Fsp3) is 0.750. The molecule has 0 amide bonds. The molecule has 2 saturated carbocycles. The fourth-order valence-electron chi connectivity index (χ4n) is 4.78. The molecule has 1 saturated heterocycles. The molecule has 4 nitrogen and oxygen atoms in total. The third kappa shape index (κ3) is 1.42. The lowest BCUT2D eigenvalue weighted by atomic mass is 9.67. The van der Waals surface area contributed by atoms with Crippen molar-refractivity contribution in [2.45, 2.75) is 45.8 Å². The highest BCUT2D eigenvalue weighted by atomic mass is 16.6. The molecular formula is C16H22O4. The number of fused-ring (bicyclic) bond motifs is 1.